The van der Waals surface area contributed by atoms with Gasteiger partial charge in [-0.1, -0.05) is 13.8 Å². The Morgan fingerprint density at radius 1 is 1.42 bits per heavy atom. The topological polar surface area (TPSA) is 46.3 Å². The summed E-state index contributed by atoms with van der Waals surface area (Å²) in [5.74, 6) is 1.66. The Morgan fingerprint density at radius 2 is 2.26 bits per heavy atom. The van der Waals surface area contributed by atoms with E-state index in [0.717, 1.165) is 18.0 Å². The Balaban J connectivity index is 2.03. The third-order valence-electron chi connectivity index (χ3n) is 4.05. The molecule has 1 atom stereocenters. The van der Waals surface area contributed by atoms with Crippen LogP contribution < -0.4 is 4.90 Å². The fourth-order valence-corrected chi connectivity index (χ4v) is 3.41. The van der Waals surface area contributed by atoms with Gasteiger partial charge >= 0.3 is 0 Å². The highest BCUT2D eigenvalue weighted by molar-refractivity contribution is 5.65. The molecule has 5 nitrogen and oxygen atoms in total. The van der Waals surface area contributed by atoms with E-state index < -0.39 is 0 Å². The van der Waals surface area contributed by atoms with Crippen LogP contribution in [0.5, 0.6) is 0 Å². The molecule has 0 amide bonds. The number of fused-ring (bicyclic) bond motifs is 1. The van der Waals surface area contributed by atoms with Crippen LogP contribution in [0.1, 0.15) is 40.0 Å². The standard InChI is InChI=1S/C14H21N5/c1-11(2)9-14(3)5-4-7-19(14)12-13-17-16-10-18(13)8-6-15-12/h6,8,10-11H,4-5,7,9H2,1-3H3/t14-/m1/s1. The zero-order chi connectivity index (χ0) is 13.5. The molecule has 0 saturated carbocycles. The average molecular weight is 259 g/mol. The molecule has 1 saturated heterocycles. The zero-order valence-electron chi connectivity index (χ0n) is 11.9. The molecule has 1 fully saturated rings. The normalized spacial score (nSPS) is 23.7. The van der Waals surface area contributed by atoms with E-state index in [1.54, 1.807) is 6.33 Å². The van der Waals surface area contributed by atoms with E-state index in [2.05, 4.69) is 40.9 Å². The van der Waals surface area contributed by atoms with Gasteiger partial charge in [-0.3, -0.25) is 4.40 Å². The smallest absolute Gasteiger partial charge is 0.203 e. The van der Waals surface area contributed by atoms with Crippen molar-refractivity contribution in [3.05, 3.63) is 18.7 Å². The van der Waals surface area contributed by atoms with Crippen molar-refractivity contribution in [2.45, 2.75) is 45.6 Å². The van der Waals surface area contributed by atoms with Crippen molar-refractivity contribution in [1.29, 1.82) is 0 Å². The van der Waals surface area contributed by atoms with Gasteiger partial charge in [0, 0.05) is 24.5 Å². The number of anilines is 1. The third kappa shape index (κ3) is 2.07. The van der Waals surface area contributed by atoms with Gasteiger partial charge in [0.2, 0.25) is 5.65 Å². The van der Waals surface area contributed by atoms with Crippen molar-refractivity contribution < 1.29 is 0 Å². The monoisotopic (exact) mass is 259 g/mol. The number of rotatable bonds is 3. The maximum atomic E-state index is 4.57. The molecule has 0 N–H and O–H groups in total. The second-order valence-corrected chi connectivity index (χ2v) is 6.16. The second-order valence-electron chi connectivity index (χ2n) is 6.16. The van der Waals surface area contributed by atoms with Crippen LogP contribution in [0.25, 0.3) is 5.65 Å². The molecule has 0 bridgehead atoms. The molecular weight excluding hydrogens is 238 g/mol. The summed E-state index contributed by atoms with van der Waals surface area (Å²) >= 11 is 0. The number of aromatic nitrogens is 4. The molecule has 2 aromatic rings. The van der Waals surface area contributed by atoms with Crippen LogP contribution in [0.3, 0.4) is 0 Å². The highest BCUT2D eigenvalue weighted by Crippen LogP contribution is 2.38. The van der Waals surface area contributed by atoms with E-state index in [1.165, 1.54) is 19.3 Å². The van der Waals surface area contributed by atoms with Gasteiger partial charge in [-0.05, 0) is 32.1 Å². The Morgan fingerprint density at radius 3 is 3.05 bits per heavy atom. The van der Waals surface area contributed by atoms with Gasteiger partial charge in [-0.15, -0.1) is 10.2 Å². The predicted molar refractivity (Wildman–Crippen MR) is 75.2 cm³/mol. The van der Waals surface area contributed by atoms with E-state index in [-0.39, 0.29) is 5.54 Å². The van der Waals surface area contributed by atoms with Crippen molar-refractivity contribution in [3.63, 3.8) is 0 Å². The summed E-state index contributed by atoms with van der Waals surface area (Å²) in [7, 11) is 0. The molecular formula is C14H21N5. The van der Waals surface area contributed by atoms with Crippen LogP contribution in [0.4, 0.5) is 5.82 Å². The minimum absolute atomic E-state index is 0.189. The molecule has 0 aliphatic carbocycles. The van der Waals surface area contributed by atoms with Crippen LogP contribution in [0.15, 0.2) is 18.7 Å². The van der Waals surface area contributed by atoms with Crippen molar-refractivity contribution >= 4 is 11.5 Å². The lowest BCUT2D eigenvalue weighted by atomic mass is 9.88. The first-order valence-corrected chi connectivity index (χ1v) is 7.02. The van der Waals surface area contributed by atoms with Crippen molar-refractivity contribution in [2.24, 2.45) is 5.92 Å². The largest absolute Gasteiger partial charge is 0.348 e. The van der Waals surface area contributed by atoms with E-state index in [0.29, 0.717) is 5.92 Å². The van der Waals surface area contributed by atoms with Gasteiger partial charge in [0.25, 0.3) is 0 Å². The van der Waals surface area contributed by atoms with Gasteiger partial charge in [0.1, 0.15) is 6.33 Å². The maximum absolute atomic E-state index is 4.57. The summed E-state index contributed by atoms with van der Waals surface area (Å²) in [5.41, 5.74) is 1.05. The van der Waals surface area contributed by atoms with Crippen LogP contribution in [0.2, 0.25) is 0 Å². The highest BCUT2D eigenvalue weighted by Gasteiger charge is 2.38. The first-order valence-electron chi connectivity index (χ1n) is 7.02. The molecule has 1 aliphatic heterocycles. The van der Waals surface area contributed by atoms with Crippen molar-refractivity contribution in [3.8, 4) is 0 Å². The summed E-state index contributed by atoms with van der Waals surface area (Å²) in [5, 5.41) is 8.21. The second kappa shape index (κ2) is 4.47. The number of hydrogen-bond acceptors (Lipinski definition) is 4. The van der Waals surface area contributed by atoms with Gasteiger partial charge in [-0.25, -0.2) is 4.98 Å². The van der Waals surface area contributed by atoms with E-state index in [4.69, 9.17) is 0 Å². The summed E-state index contributed by atoms with van der Waals surface area (Å²) in [4.78, 5) is 6.99. The molecule has 1 aliphatic rings. The minimum Gasteiger partial charge on any atom is -0.348 e. The number of hydrogen-bond donors (Lipinski definition) is 0. The zero-order valence-corrected chi connectivity index (χ0v) is 11.9. The fraction of sp³-hybridized carbons (Fsp3) is 0.643. The molecule has 3 heterocycles. The maximum Gasteiger partial charge on any atom is 0.203 e. The van der Waals surface area contributed by atoms with Gasteiger partial charge in [-0.2, -0.15) is 0 Å². The predicted octanol–water partition coefficient (Wildman–Crippen LogP) is 2.53. The first kappa shape index (κ1) is 12.4. The lowest BCUT2D eigenvalue weighted by Gasteiger charge is -2.37. The van der Waals surface area contributed by atoms with Gasteiger partial charge in [0.15, 0.2) is 5.82 Å². The lowest BCUT2D eigenvalue weighted by molar-refractivity contribution is 0.368. The summed E-state index contributed by atoms with van der Waals surface area (Å²) in [6.45, 7) is 7.98. The molecule has 102 valence electrons. The molecule has 0 unspecified atom stereocenters. The molecule has 5 heteroatoms. The van der Waals surface area contributed by atoms with E-state index in [1.807, 2.05) is 16.8 Å². The molecule has 2 aromatic heterocycles. The van der Waals surface area contributed by atoms with Crippen LogP contribution >= 0.6 is 0 Å². The first-order chi connectivity index (χ1) is 9.10. The highest BCUT2D eigenvalue weighted by atomic mass is 15.3. The van der Waals surface area contributed by atoms with Gasteiger partial charge < -0.3 is 4.90 Å². The summed E-state index contributed by atoms with van der Waals surface area (Å²) in [6, 6.07) is 0. The van der Waals surface area contributed by atoms with Crippen LogP contribution in [-0.4, -0.2) is 31.7 Å². The summed E-state index contributed by atoms with van der Waals surface area (Å²) in [6.07, 6.45) is 9.09. The quantitative estimate of drug-likeness (QED) is 0.849. The lowest BCUT2D eigenvalue weighted by Crippen LogP contribution is -2.43. The SMILES string of the molecule is CC(C)C[C@@]1(C)CCCN1c1nccn2cnnc12. The Labute approximate surface area is 113 Å². The van der Waals surface area contributed by atoms with Crippen LogP contribution in [0, 0.1) is 5.92 Å². The van der Waals surface area contributed by atoms with E-state index >= 15 is 0 Å². The number of nitrogens with zero attached hydrogens (tertiary/aromatic N) is 5. The molecule has 0 aromatic carbocycles. The van der Waals surface area contributed by atoms with E-state index in [9.17, 15) is 0 Å². The molecule has 0 radical (unpaired) electrons. The van der Waals surface area contributed by atoms with Crippen molar-refractivity contribution in [1.82, 2.24) is 19.6 Å². The summed E-state index contributed by atoms with van der Waals surface area (Å²) < 4.78 is 1.94. The van der Waals surface area contributed by atoms with Crippen molar-refractivity contribution in [2.75, 3.05) is 11.4 Å². The van der Waals surface area contributed by atoms with Crippen LogP contribution in [-0.2, 0) is 0 Å². The average Bonchev–Trinajstić information content (AvgIpc) is 2.93. The molecule has 19 heavy (non-hydrogen) atoms. The Kier molecular flexibility index (Phi) is 2.92. The fourth-order valence-electron chi connectivity index (χ4n) is 3.41. The van der Waals surface area contributed by atoms with Gasteiger partial charge in [0.05, 0.1) is 0 Å². The third-order valence-corrected chi connectivity index (χ3v) is 4.05. The molecule has 0 spiro atoms. The molecule has 3 rings (SSSR count). The minimum atomic E-state index is 0.189. The Bertz CT molecular complexity index is 576. The Hall–Kier alpha value is -1.65.